The first-order valence-electron chi connectivity index (χ1n) is 5.82. The zero-order valence-electron chi connectivity index (χ0n) is 10.5. The molecule has 3 heteroatoms. The van der Waals surface area contributed by atoms with Crippen molar-refractivity contribution >= 4 is 11.5 Å². The predicted octanol–water partition coefficient (Wildman–Crippen LogP) is 1.73. The van der Waals surface area contributed by atoms with Crippen molar-refractivity contribution in [3.8, 4) is 0 Å². The molecule has 1 unspecified atom stereocenters. The van der Waals surface area contributed by atoms with Gasteiger partial charge < -0.3 is 11.1 Å². The van der Waals surface area contributed by atoms with Crippen LogP contribution in [0.4, 0.5) is 0 Å². The van der Waals surface area contributed by atoms with Crippen LogP contribution in [0.25, 0.3) is 5.57 Å². The van der Waals surface area contributed by atoms with Crippen LogP contribution < -0.4 is 11.1 Å². The van der Waals surface area contributed by atoms with Gasteiger partial charge in [0, 0.05) is 6.54 Å². The van der Waals surface area contributed by atoms with Crippen LogP contribution in [0.5, 0.6) is 0 Å². The molecule has 3 nitrogen and oxygen atoms in total. The monoisotopic (exact) mass is 232 g/mol. The highest BCUT2D eigenvalue weighted by atomic mass is 16.2. The summed E-state index contributed by atoms with van der Waals surface area (Å²) in [4.78, 5) is 11.5. The standard InChI is InChI=1S/C14H20N2O/c1-4-16-14(17)13(15)9-11-6-5-7-12(8-11)10(2)3/h5-8,13H,2,4,9,15H2,1,3H3,(H,16,17). The summed E-state index contributed by atoms with van der Waals surface area (Å²) in [6, 6.07) is 7.48. The van der Waals surface area contributed by atoms with Gasteiger partial charge in [0.1, 0.15) is 0 Å². The molecule has 0 aliphatic carbocycles. The molecule has 0 aromatic heterocycles. The molecule has 0 radical (unpaired) electrons. The van der Waals surface area contributed by atoms with Crippen molar-refractivity contribution in [1.82, 2.24) is 5.32 Å². The second kappa shape index (κ2) is 6.21. The fourth-order valence-corrected chi connectivity index (χ4v) is 1.62. The van der Waals surface area contributed by atoms with E-state index in [-0.39, 0.29) is 5.91 Å². The summed E-state index contributed by atoms with van der Waals surface area (Å²) >= 11 is 0. The van der Waals surface area contributed by atoms with Gasteiger partial charge in [0.15, 0.2) is 0 Å². The van der Waals surface area contributed by atoms with Crippen molar-refractivity contribution in [3.63, 3.8) is 0 Å². The molecule has 1 aromatic rings. The Bertz CT molecular complexity index is 412. The maximum absolute atomic E-state index is 11.5. The number of amides is 1. The fraction of sp³-hybridized carbons (Fsp3) is 0.357. The normalized spacial score (nSPS) is 11.9. The van der Waals surface area contributed by atoms with Crippen LogP contribution in [0.3, 0.4) is 0 Å². The molecule has 0 aliphatic heterocycles. The topological polar surface area (TPSA) is 55.1 Å². The number of hydrogen-bond donors (Lipinski definition) is 2. The third kappa shape index (κ3) is 4.04. The van der Waals surface area contributed by atoms with Crippen molar-refractivity contribution in [3.05, 3.63) is 42.0 Å². The van der Waals surface area contributed by atoms with Crippen LogP contribution in [0.2, 0.25) is 0 Å². The molecule has 1 aromatic carbocycles. The second-order valence-electron chi connectivity index (χ2n) is 4.19. The lowest BCUT2D eigenvalue weighted by atomic mass is 10.0. The highest BCUT2D eigenvalue weighted by Gasteiger charge is 2.12. The summed E-state index contributed by atoms with van der Waals surface area (Å²) in [6.45, 7) is 8.35. The van der Waals surface area contributed by atoms with Crippen LogP contribution in [0.15, 0.2) is 30.8 Å². The first-order chi connectivity index (χ1) is 8.04. The zero-order valence-corrected chi connectivity index (χ0v) is 10.5. The maximum Gasteiger partial charge on any atom is 0.237 e. The van der Waals surface area contributed by atoms with E-state index < -0.39 is 6.04 Å². The average molecular weight is 232 g/mol. The minimum absolute atomic E-state index is 0.103. The van der Waals surface area contributed by atoms with Gasteiger partial charge in [-0.3, -0.25) is 4.79 Å². The van der Waals surface area contributed by atoms with Crippen LogP contribution in [-0.2, 0) is 11.2 Å². The molecule has 3 N–H and O–H groups in total. The highest BCUT2D eigenvalue weighted by Crippen LogP contribution is 2.14. The Morgan fingerprint density at radius 1 is 1.53 bits per heavy atom. The largest absolute Gasteiger partial charge is 0.355 e. The minimum atomic E-state index is -0.490. The predicted molar refractivity (Wildman–Crippen MR) is 71.5 cm³/mol. The lowest BCUT2D eigenvalue weighted by molar-refractivity contribution is -0.122. The van der Waals surface area contributed by atoms with Gasteiger partial charge in [-0.1, -0.05) is 36.4 Å². The molecule has 1 atom stereocenters. The van der Waals surface area contributed by atoms with Crippen LogP contribution in [0, 0.1) is 0 Å². The molecule has 92 valence electrons. The van der Waals surface area contributed by atoms with Gasteiger partial charge in [0.05, 0.1) is 6.04 Å². The van der Waals surface area contributed by atoms with Crippen LogP contribution in [0.1, 0.15) is 25.0 Å². The number of nitrogens with two attached hydrogens (primary N) is 1. The number of benzene rings is 1. The molecule has 1 rings (SSSR count). The Kier molecular flexibility index (Phi) is 4.91. The summed E-state index contributed by atoms with van der Waals surface area (Å²) in [5, 5.41) is 2.72. The SMILES string of the molecule is C=C(C)c1cccc(CC(N)C(=O)NCC)c1. The van der Waals surface area contributed by atoms with E-state index >= 15 is 0 Å². The molecule has 0 aliphatic rings. The summed E-state index contributed by atoms with van der Waals surface area (Å²) in [6.07, 6.45) is 0.549. The molecule has 1 amide bonds. The van der Waals surface area contributed by atoms with E-state index in [0.717, 1.165) is 16.7 Å². The van der Waals surface area contributed by atoms with E-state index in [1.807, 2.05) is 38.1 Å². The van der Waals surface area contributed by atoms with Gasteiger partial charge in [-0.2, -0.15) is 0 Å². The van der Waals surface area contributed by atoms with Crippen molar-refractivity contribution in [2.24, 2.45) is 5.73 Å². The Balaban J connectivity index is 2.71. The average Bonchev–Trinajstić information content (AvgIpc) is 2.29. The summed E-state index contributed by atoms with van der Waals surface area (Å²) in [5.74, 6) is -0.103. The van der Waals surface area contributed by atoms with Crippen molar-refractivity contribution in [1.29, 1.82) is 0 Å². The smallest absolute Gasteiger partial charge is 0.237 e. The summed E-state index contributed by atoms with van der Waals surface area (Å²) in [7, 11) is 0. The van der Waals surface area contributed by atoms with Crippen molar-refractivity contribution in [2.45, 2.75) is 26.3 Å². The first-order valence-corrected chi connectivity index (χ1v) is 5.82. The lowest BCUT2D eigenvalue weighted by Crippen LogP contribution is -2.41. The Labute approximate surface area is 103 Å². The quantitative estimate of drug-likeness (QED) is 0.812. The van der Waals surface area contributed by atoms with E-state index in [9.17, 15) is 4.79 Å². The van der Waals surface area contributed by atoms with Crippen LogP contribution >= 0.6 is 0 Å². The number of rotatable bonds is 5. The summed E-state index contributed by atoms with van der Waals surface area (Å²) < 4.78 is 0. The first kappa shape index (κ1) is 13.5. The van der Waals surface area contributed by atoms with E-state index in [4.69, 9.17) is 5.73 Å². The van der Waals surface area contributed by atoms with E-state index in [0.29, 0.717) is 13.0 Å². The van der Waals surface area contributed by atoms with Crippen molar-refractivity contribution in [2.75, 3.05) is 6.54 Å². The Hall–Kier alpha value is -1.61. The second-order valence-corrected chi connectivity index (χ2v) is 4.19. The molecule has 0 fully saturated rings. The maximum atomic E-state index is 11.5. The zero-order chi connectivity index (χ0) is 12.8. The van der Waals surface area contributed by atoms with Gasteiger partial charge >= 0.3 is 0 Å². The number of hydrogen-bond acceptors (Lipinski definition) is 2. The third-order valence-electron chi connectivity index (χ3n) is 2.56. The number of carbonyl (C=O) groups is 1. The fourth-order valence-electron chi connectivity index (χ4n) is 1.62. The highest BCUT2D eigenvalue weighted by molar-refractivity contribution is 5.81. The molecule has 0 heterocycles. The van der Waals surface area contributed by atoms with Gasteiger partial charge in [-0.15, -0.1) is 0 Å². The summed E-state index contributed by atoms with van der Waals surface area (Å²) in [5.41, 5.74) is 8.99. The van der Waals surface area contributed by atoms with Gasteiger partial charge in [0.25, 0.3) is 0 Å². The van der Waals surface area contributed by atoms with Gasteiger partial charge in [-0.05, 0) is 31.4 Å². The molecule has 0 saturated heterocycles. The van der Waals surface area contributed by atoms with Gasteiger partial charge in [0.2, 0.25) is 5.91 Å². The Morgan fingerprint density at radius 3 is 2.82 bits per heavy atom. The molecule has 17 heavy (non-hydrogen) atoms. The molecular weight excluding hydrogens is 212 g/mol. The van der Waals surface area contributed by atoms with Gasteiger partial charge in [-0.25, -0.2) is 0 Å². The van der Waals surface area contributed by atoms with E-state index in [2.05, 4.69) is 11.9 Å². The molecular formula is C14H20N2O. The molecule has 0 spiro atoms. The minimum Gasteiger partial charge on any atom is -0.355 e. The lowest BCUT2D eigenvalue weighted by Gasteiger charge is -2.12. The number of nitrogens with one attached hydrogen (secondary N) is 1. The third-order valence-corrected chi connectivity index (χ3v) is 2.56. The van der Waals surface area contributed by atoms with Crippen LogP contribution in [-0.4, -0.2) is 18.5 Å². The molecule has 0 bridgehead atoms. The van der Waals surface area contributed by atoms with Crippen molar-refractivity contribution < 1.29 is 4.79 Å². The number of allylic oxidation sites excluding steroid dienone is 1. The Morgan fingerprint density at radius 2 is 2.24 bits per heavy atom. The number of carbonyl (C=O) groups excluding carboxylic acids is 1. The molecule has 0 saturated carbocycles. The van der Waals surface area contributed by atoms with E-state index in [1.54, 1.807) is 0 Å². The number of likely N-dealkylation sites (N-methyl/N-ethyl adjacent to an activating group) is 1. The van der Waals surface area contributed by atoms with E-state index in [1.165, 1.54) is 0 Å².